The van der Waals surface area contributed by atoms with Gasteiger partial charge in [-0.3, -0.25) is 4.79 Å². The molecule has 0 saturated carbocycles. The van der Waals surface area contributed by atoms with Crippen LogP contribution in [0.25, 0.3) is 10.4 Å². The second-order valence-electron chi connectivity index (χ2n) is 2.84. The number of hydrogen-bond donors (Lipinski definition) is 2. The van der Waals surface area contributed by atoms with Gasteiger partial charge >= 0.3 is 0 Å². The maximum absolute atomic E-state index is 11.4. The van der Waals surface area contributed by atoms with Crippen molar-refractivity contribution < 1.29 is 15.0 Å². The van der Waals surface area contributed by atoms with Crippen LogP contribution in [0.15, 0.2) is 17.2 Å². The van der Waals surface area contributed by atoms with E-state index >= 15 is 0 Å². The van der Waals surface area contributed by atoms with Crippen molar-refractivity contribution in [1.29, 1.82) is 0 Å². The third-order valence-electron chi connectivity index (χ3n) is 1.80. The van der Waals surface area contributed by atoms with E-state index in [4.69, 9.17) is 5.53 Å². The van der Waals surface area contributed by atoms with Crippen LogP contribution < -0.4 is 0 Å². The lowest BCUT2D eigenvalue weighted by atomic mass is 10.3. The van der Waals surface area contributed by atoms with E-state index in [0.717, 1.165) is 4.57 Å². The molecule has 80 valence electrons. The third kappa shape index (κ3) is 2.65. The predicted molar refractivity (Wildman–Crippen MR) is 51.6 cm³/mol. The summed E-state index contributed by atoms with van der Waals surface area (Å²) in [7, 11) is 0. The molecule has 1 aromatic rings. The first-order chi connectivity index (χ1) is 7.16. The highest BCUT2D eigenvalue weighted by Gasteiger charge is 2.12. The number of carbonyl (C=O) groups excluding carboxylic acids is 1. The van der Waals surface area contributed by atoms with Gasteiger partial charge in [0.2, 0.25) is 17.7 Å². The van der Waals surface area contributed by atoms with Crippen molar-refractivity contribution in [2.45, 2.75) is 12.8 Å². The molecule has 0 saturated heterocycles. The predicted octanol–water partition coefficient (Wildman–Crippen LogP) is 1.63. The van der Waals surface area contributed by atoms with Gasteiger partial charge in [-0.2, -0.15) is 0 Å². The summed E-state index contributed by atoms with van der Waals surface area (Å²) in [6.45, 7) is 0.213. The fourth-order valence-corrected chi connectivity index (χ4v) is 1.13. The summed E-state index contributed by atoms with van der Waals surface area (Å²) in [5.41, 5.74) is 7.99. The second kappa shape index (κ2) is 4.92. The summed E-state index contributed by atoms with van der Waals surface area (Å²) in [6.07, 6.45) is 0.467. The summed E-state index contributed by atoms with van der Waals surface area (Å²) < 4.78 is 0.802. The molecule has 0 spiro atoms. The Morgan fingerprint density at radius 1 is 1.47 bits per heavy atom. The molecule has 0 bridgehead atoms. The number of nitrogens with zero attached hydrogens (tertiary/aromatic N) is 4. The van der Waals surface area contributed by atoms with Crippen LogP contribution >= 0.6 is 0 Å². The van der Waals surface area contributed by atoms with Gasteiger partial charge in [0, 0.05) is 30.0 Å². The molecule has 7 heteroatoms. The first kappa shape index (κ1) is 10.9. The second-order valence-corrected chi connectivity index (χ2v) is 2.84. The van der Waals surface area contributed by atoms with Crippen LogP contribution in [0.4, 0.5) is 0 Å². The number of azide groups is 1. The molecule has 0 amide bonds. The van der Waals surface area contributed by atoms with Crippen molar-refractivity contribution >= 4 is 5.91 Å². The van der Waals surface area contributed by atoms with Gasteiger partial charge in [-0.05, 0) is 12.0 Å². The monoisotopic (exact) mass is 210 g/mol. The zero-order valence-corrected chi connectivity index (χ0v) is 7.87. The van der Waals surface area contributed by atoms with E-state index in [0.29, 0.717) is 6.42 Å². The van der Waals surface area contributed by atoms with E-state index in [-0.39, 0.29) is 24.7 Å². The quantitative estimate of drug-likeness (QED) is 0.341. The molecule has 1 aromatic heterocycles. The van der Waals surface area contributed by atoms with Crippen molar-refractivity contribution in [3.63, 3.8) is 0 Å². The maximum Gasteiger partial charge on any atom is 0.236 e. The first-order valence-corrected chi connectivity index (χ1v) is 4.30. The normalized spacial score (nSPS) is 9.60. The maximum atomic E-state index is 11.4. The highest BCUT2D eigenvalue weighted by atomic mass is 16.3. The van der Waals surface area contributed by atoms with Crippen molar-refractivity contribution in [3.05, 3.63) is 22.6 Å². The summed E-state index contributed by atoms with van der Waals surface area (Å²) >= 11 is 0. The molecule has 1 rings (SSSR count). The number of hydrogen-bond acceptors (Lipinski definition) is 4. The standard InChI is InChI=1S/C8H10N4O3/c9-11-10-5-1-2-6(13)12-7(14)3-4-8(12)15/h3-4,14-15H,1-2,5H2. The van der Waals surface area contributed by atoms with E-state index in [2.05, 4.69) is 10.0 Å². The largest absolute Gasteiger partial charge is 0.494 e. The van der Waals surface area contributed by atoms with Gasteiger partial charge in [-0.15, -0.1) is 0 Å². The van der Waals surface area contributed by atoms with E-state index in [1.54, 1.807) is 0 Å². The van der Waals surface area contributed by atoms with E-state index in [9.17, 15) is 15.0 Å². The molecule has 7 nitrogen and oxygen atoms in total. The lowest BCUT2D eigenvalue weighted by molar-refractivity contribution is 0.0882. The van der Waals surface area contributed by atoms with Crippen molar-refractivity contribution in [3.8, 4) is 11.8 Å². The van der Waals surface area contributed by atoms with Crippen LogP contribution in [0.1, 0.15) is 17.6 Å². The molecular formula is C8H10N4O3. The number of rotatable bonds is 4. The third-order valence-corrected chi connectivity index (χ3v) is 1.80. The smallest absolute Gasteiger partial charge is 0.236 e. The topological polar surface area (TPSA) is 111 Å². The Balaban J connectivity index is 2.57. The average Bonchev–Trinajstić information content (AvgIpc) is 2.53. The van der Waals surface area contributed by atoms with Crippen LogP contribution in [-0.4, -0.2) is 27.2 Å². The Labute approximate surface area is 85.2 Å². The number of aromatic hydroxyl groups is 2. The number of carbonyl (C=O) groups is 1. The fraction of sp³-hybridized carbons (Fsp3) is 0.375. The average molecular weight is 210 g/mol. The van der Waals surface area contributed by atoms with Crippen LogP contribution in [0.3, 0.4) is 0 Å². The molecule has 0 fully saturated rings. The SMILES string of the molecule is [N-]=[N+]=NCCCC(=O)n1c(O)ccc1O. The van der Waals surface area contributed by atoms with Crippen molar-refractivity contribution in [2.75, 3.05) is 6.54 Å². The zero-order chi connectivity index (χ0) is 11.3. The molecule has 0 atom stereocenters. The highest BCUT2D eigenvalue weighted by Crippen LogP contribution is 2.21. The molecule has 0 radical (unpaired) electrons. The molecule has 15 heavy (non-hydrogen) atoms. The van der Waals surface area contributed by atoms with Crippen LogP contribution in [-0.2, 0) is 0 Å². The van der Waals surface area contributed by atoms with Gasteiger partial charge in [-0.1, -0.05) is 5.11 Å². The molecule has 0 unspecified atom stereocenters. The Morgan fingerprint density at radius 2 is 2.07 bits per heavy atom. The Hall–Kier alpha value is -2.14. The van der Waals surface area contributed by atoms with Crippen LogP contribution in [0, 0.1) is 0 Å². The van der Waals surface area contributed by atoms with Crippen molar-refractivity contribution in [2.24, 2.45) is 5.11 Å². The van der Waals surface area contributed by atoms with Crippen LogP contribution in [0.5, 0.6) is 11.8 Å². The Bertz CT molecular complexity index is 387. The Kier molecular flexibility index (Phi) is 3.59. The van der Waals surface area contributed by atoms with E-state index < -0.39 is 5.91 Å². The van der Waals surface area contributed by atoms with Crippen LogP contribution in [0.2, 0.25) is 0 Å². The van der Waals surface area contributed by atoms with Gasteiger partial charge in [-0.25, -0.2) is 4.57 Å². The molecule has 2 N–H and O–H groups in total. The molecule has 0 aliphatic rings. The summed E-state index contributed by atoms with van der Waals surface area (Å²) in [5.74, 6) is -1.05. The first-order valence-electron chi connectivity index (χ1n) is 4.30. The van der Waals surface area contributed by atoms with E-state index in [1.807, 2.05) is 0 Å². The minimum absolute atomic E-state index is 0.0921. The van der Waals surface area contributed by atoms with E-state index in [1.165, 1.54) is 12.1 Å². The van der Waals surface area contributed by atoms with Gasteiger partial charge in [0.1, 0.15) is 0 Å². The molecule has 1 heterocycles. The van der Waals surface area contributed by atoms with Gasteiger partial charge in [0.15, 0.2) is 0 Å². The molecule has 0 aliphatic carbocycles. The summed E-state index contributed by atoms with van der Waals surface area (Å²) in [6, 6.07) is 2.45. The lowest BCUT2D eigenvalue weighted by Crippen LogP contribution is -2.09. The zero-order valence-electron chi connectivity index (χ0n) is 7.87. The van der Waals surface area contributed by atoms with Gasteiger partial charge < -0.3 is 10.2 Å². The fourth-order valence-electron chi connectivity index (χ4n) is 1.13. The van der Waals surface area contributed by atoms with Crippen molar-refractivity contribution in [1.82, 2.24) is 4.57 Å². The van der Waals surface area contributed by atoms with Gasteiger partial charge in [0.05, 0.1) is 0 Å². The molecular weight excluding hydrogens is 200 g/mol. The number of aromatic nitrogens is 1. The molecule has 0 aromatic carbocycles. The summed E-state index contributed by atoms with van der Waals surface area (Å²) in [5, 5.41) is 21.7. The summed E-state index contributed by atoms with van der Waals surface area (Å²) in [4.78, 5) is 14.0. The minimum atomic E-state index is -0.442. The minimum Gasteiger partial charge on any atom is -0.494 e. The Morgan fingerprint density at radius 3 is 2.60 bits per heavy atom. The van der Waals surface area contributed by atoms with Gasteiger partial charge in [0.25, 0.3) is 0 Å². The molecule has 0 aliphatic heterocycles. The lowest BCUT2D eigenvalue weighted by Gasteiger charge is -2.03. The highest BCUT2D eigenvalue weighted by molar-refractivity contribution is 5.82.